The number of anilines is 1. The minimum Gasteiger partial charge on any atom is -0.496 e. The molecule has 0 aliphatic carbocycles. The molecule has 2 aromatic rings. The average Bonchev–Trinajstić information content (AvgIpc) is 2.65. The lowest BCUT2D eigenvalue weighted by Crippen LogP contribution is -2.26. The minimum atomic E-state index is 0.0394. The number of para-hydroxylation sites is 1. The highest BCUT2D eigenvalue weighted by Gasteiger charge is 2.17. The SMILES string of the molecule is COc1ccccc1CCC(=O)N(C)c1ccc2c(c1)OCCO2. The molecule has 1 heterocycles. The van der Waals surface area contributed by atoms with E-state index in [0.717, 1.165) is 22.7 Å². The Hall–Kier alpha value is -2.69. The summed E-state index contributed by atoms with van der Waals surface area (Å²) in [4.78, 5) is 14.1. The van der Waals surface area contributed by atoms with Gasteiger partial charge < -0.3 is 19.1 Å². The molecule has 126 valence electrons. The fourth-order valence-electron chi connectivity index (χ4n) is 2.70. The van der Waals surface area contributed by atoms with E-state index < -0.39 is 0 Å². The van der Waals surface area contributed by atoms with Crippen LogP contribution in [0.4, 0.5) is 5.69 Å². The summed E-state index contributed by atoms with van der Waals surface area (Å²) in [5.74, 6) is 2.26. The summed E-state index contributed by atoms with van der Waals surface area (Å²) in [7, 11) is 3.41. The normalized spacial score (nSPS) is 12.6. The second-order valence-electron chi connectivity index (χ2n) is 5.59. The van der Waals surface area contributed by atoms with Crippen molar-refractivity contribution in [2.45, 2.75) is 12.8 Å². The molecule has 0 bridgehead atoms. The smallest absolute Gasteiger partial charge is 0.227 e. The Kier molecular flexibility index (Phi) is 4.89. The Bertz CT molecular complexity index is 729. The fourth-order valence-corrected chi connectivity index (χ4v) is 2.70. The van der Waals surface area contributed by atoms with Gasteiger partial charge in [0.15, 0.2) is 11.5 Å². The van der Waals surface area contributed by atoms with Crippen LogP contribution in [0.5, 0.6) is 17.2 Å². The molecule has 0 aromatic heterocycles. The second kappa shape index (κ2) is 7.25. The van der Waals surface area contributed by atoms with Gasteiger partial charge in [-0.3, -0.25) is 4.79 Å². The van der Waals surface area contributed by atoms with E-state index in [1.54, 1.807) is 19.1 Å². The maximum absolute atomic E-state index is 12.5. The summed E-state index contributed by atoms with van der Waals surface area (Å²) >= 11 is 0. The van der Waals surface area contributed by atoms with Gasteiger partial charge in [-0.15, -0.1) is 0 Å². The quantitative estimate of drug-likeness (QED) is 0.847. The van der Waals surface area contributed by atoms with Crippen LogP contribution in [0.15, 0.2) is 42.5 Å². The van der Waals surface area contributed by atoms with Crippen molar-refractivity contribution in [3.63, 3.8) is 0 Å². The molecule has 0 radical (unpaired) electrons. The van der Waals surface area contributed by atoms with Crippen molar-refractivity contribution in [1.29, 1.82) is 0 Å². The maximum Gasteiger partial charge on any atom is 0.227 e. The first-order chi connectivity index (χ1) is 11.7. The number of fused-ring (bicyclic) bond motifs is 1. The molecule has 5 heteroatoms. The number of benzene rings is 2. The van der Waals surface area contributed by atoms with Crippen LogP contribution in [-0.4, -0.2) is 33.3 Å². The number of rotatable bonds is 5. The van der Waals surface area contributed by atoms with Gasteiger partial charge >= 0.3 is 0 Å². The molecule has 24 heavy (non-hydrogen) atoms. The van der Waals surface area contributed by atoms with Crippen LogP contribution in [0.3, 0.4) is 0 Å². The average molecular weight is 327 g/mol. The van der Waals surface area contributed by atoms with Crippen LogP contribution >= 0.6 is 0 Å². The van der Waals surface area contributed by atoms with Gasteiger partial charge in [-0.1, -0.05) is 18.2 Å². The lowest BCUT2D eigenvalue weighted by molar-refractivity contribution is -0.118. The number of carbonyl (C=O) groups is 1. The zero-order valence-corrected chi connectivity index (χ0v) is 14.0. The van der Waals surface area contributed by atoms with Crippen LogP contribution in [0.2, 0.25) is 0 Å². The Labute approximate surface area is 141 Å². The molecule has 0 fully saturated rings. The van der Waals surface area contributed by atoms with Crippen molar-refractivity contribution in [3.8, 4) is 17.2 Å². The second-order valence-corrected chi connectivity index (χ2v) is 5.59. The first-order valence-electron chi connectivity index (χ1n) is 7.97. The zero-order valence-electron chi connectivity index (χ0n) is 14.0. The molecule has 0 saturated heterocycles. The Morgan fingerprint density at radius 2 is 1.88 bits per heavy atom. The molecule has 0 spiro atoms. The number of amides is 1. The van der Waals surface area contributed by atoms with Gasteiger partial charge in [0.2, 0.25) is 5.91 Å². The third kappa shape index (κ3) is 3.45. The van der Waals surface area contributed by atoms with E-state index >= 15 is 0 Å². The number of hydrogen-bond donors (Lipinski definition) is 0. The van der Waals surface area contributed by atoms with Crippen LogP contribution < -0.4 is 19.1 Å². The van der Waals surface area contributed by atoms with Gasteiger partial charge in [0.25, 0.3) is 0 Å². The molecular formula is C19H21NO4. The summed E-state index contributed by atoms with van der Waals surface area (Å²) < 4.78 is 16.4. The molecule has 0 N–H and O–H groups in total. The number of ether oxygens (including phenoxy) is 3. The van der Waals surface area contributed by atoms with Crippen molar-refractivity contribution in [3.05, 3.63) is 48.0 Å². The number of carbonyl (C=O) groups excluding carboxylic acids is 1. The van der Waals surface area contributed by atoms with Crippen molar-refractivity contribution in [2.24, 2.45) is 0 Å². The highest BCUT2D eigenvalue weighted by molar-refractivity contribution is 5.93. The number of hydrogen-bond acceptors (Lipinski definition) is 4. The van der Waals surface area contributed by atoms with Gasteiger partial charge in [0.05, 0.1) is 7.11 Å². The van der Waals surface area contributed by atoms with Gasteiger partial charge in [0.1, 0.15) is 19.0 Å². The van der Waals surface area contributed by atoms with Crippen molar-refractivity contribution >= 4 is 11.6 Å². The van der Waals surface area contributed by atoms with Crippen molar-refractivity contribution in [1.82, 2.24) is 0 Å². The maximum atomic E-state index is 12.5. The highest BCUT2D eigenvalue weighted by Crippen LogP contribution is 2.33. The van der Waals surface area contributed by atoms with E-state index in [-0.39, 0.29) is 5.91 Å². The standard InChI is InChI=1S/C19H21NO4/c1-20(15-8-9-17-18(13-15)24-12-11-23-17)19(21)10-7-14-5-3-4-6-16(14)22-2/h3-6,8-9,13H,7,10-12H2,1-2H3. The van der Waals surface area contributed by atoms with Gasteiger partial charge in [0, 0.05) is 25.2 Å². The van der Waals surface area contributed by atoms with Crippen LogP contribution in [-0.2, 0) is 11.2 Å². The third-order valence-electron chi connectivity index (χ3n) is 4.09. The van der Waals surface area contributed by atoms with Crippen LogP contribution in [0.1, 0.15) is 12.0 Å². The largest absolute Gasteiger partial charge is 0.496 e. The van der Waals surface area contributed by atoms with Gasteiger partial charge in [-0.2, -0.15) is 0 Å². The van der Waals surface area contributed by atoms with Gasteiger partial charge in [-0.25, -0.2) is 0 Å². The molecule has 1 amide bonds. The summed E-state index contributed by atoms with van der Waals surface area (Å²) in [6, 6.07) is 13.3. The molecule has 5 nitrogen and oxygen atoms in total. The van der Waals surface area contributed by atoms with E-state index in [4.69, 9.17) is 14.2 Å². The van der Waals surface area contributed by atoms with Crippen LogP contribution in [0, 0.1) is 0 Å². The highest BCUT2D eigenvalue weighted by atomic mass is 16.6. The summed E-state index contributed by atoms with van der Waals surface area (Å²) in [5, 5.41) is 0. The Morgan fingerprint density at radius 3 is 2.67 bits per heavy atom. The monoisotopic (exact) mass is 327 g/mol. The summed E-state index contributed by atoms with van der Waals surface area (Å²) in [6.45, 7) is 1.09. The van der Waals surface area contributed by atoms with E-state index in [0.29, 0.717) is 31.8 Å². The predicted molar refractivity (Wildman–Crippen MR) is 92.2 cm³/mol. The lowest BCUT2D eigenvalue weighted by atomic mass is 10.1. The summed E-state index contributed by atoms with van der Waals surface area (Å²) in [6.07, 6.45) is 1.04. The first kappa shape index (κ1) is 16.2. The Balaban J connectivity index is 1.66. The molecule has 0 atom stereocenters. The van der Waals surface area contributed by atoms with Crippen LogP contribution in [0.25, 0.3) is 0 Å². The third-order valence-corrected chi connectivity index (χ3v) is 4.09. The number of methoxy groups -OCH3 is 1. The molecule has 1 aliphatic heterocycles. The zero-order chi connectivity index (χ0) is 16.9. The lowest BCUT2D eigenvalue weighted by Gasteiger charge is -2.22. The molecule has 3 rings (SSSR count). The molecule has 0 saturated carbocycles. The van der Waals surface area contributed by atoms with E-state index in [2.05, 4.69) is 0 Å². The first-order valence-corrected chi connectivity index (χ1v) is 7.97. The fraction of sp³-hybridized carbons (Fsp3) is 0.316. The molecular weight excluding hydrogens is 306 g/mol. The molecule has 2 aromatic carbocycles. The number of nitrogens with zero attached hydrogens (tertiary/aromatic N) is 1. The topological polar surface area (TPSA) is 48.0 Å². The molecule has 0 unspecified atom stereocenters. The minimum absolute atomic E-state index is 0.0394. The predicted octanol–water partition coefficient (Wildman–Crippen LogP) is 3.06. The Morgan fingerprint density at radius 1 is 1.12 bits per heavy atom. The van der Waals surface area contributed by atoms with E-state index in [1.165, 1.54) is 0 Å². The van der Waals surface area contributed by atoms with Crippen molar-refractivity contribution < 1.29 is 19.0 Å². The van der Waals surface area contributed by atoms with Gasteiger partial charge in [-0.05, 0) is 30.2 Å². The summed E-state index contributed by atoms with van der Waals surface area (Å²) in [5.41, 5.74) is 1.83. The molecule has 1 aliphatic rings. The van der Waals surface area contributed by atoms with E-state index in [1.807, 2.05) is 42.5 Å². The van der Waals surface area contributed by atoms with Crippen molar-refractivity contribution in [2.75, 3.05) is 32.3 Å². The number of aryl methyl sites for hydroxylation is 1. The van der Waals surface area contributed by atoms with E-state index in [9.17, 15) is 4.79 Å².